The molecule has 0 aliphatic heterocycles. The third-order valence-electron chi connectivity index (χ3n) is 2.59. The van der Waals surface area contributed by atoms with Crippen molar-refractivity contribution in [3.8, 4) is 0 Å². The molecule has 6 nitrogen and oxygen atoms in total. The highest BCUT2D eigenvalue weighted by Gasteiger charge is 2.01. The van der Waals surface area contributed by atoms with Gasteiger partial charge in [0.25, 0.3) is 0 Å². The number of hydrogen-bond donors (Lipinski definition) is 3. The zero-order valence-electron chi connectivity index (χ0n) is 11.1. The van der Waals surface area contributed by atoms with Crippen LogP contribution in [0.25, 0.3) is 0 Å². The molecule has 6 heteroatoms. The molecule has 0 saturated carbocycles. The highest BCUT2D eigenvalue weighted by Crippen LogP contribution is 2.04. The number of rotatable bonds is 10. The van der Waals surface area contributed by atoms with Crippen LogP contribution in [0.3, 0.4) is 0 Å². The molecule has 0 bridgehead atoms. The third kappa shape index (κ3) is 7.50. The molecule has 0 heterocycles. The summed E-state index contributed by atoms with van der Waals surface area (Å²) in [4.78, 5) is 2.00. The molecule has 19 heavy (non-hydrogen) atoms. The second kappa shape index (κ2) is 10.4. The smallest absolute Gasteiger partial charge is 0.0632 e. The number of nitrogens with one attached hydrogen (secondary N) is 1. The highest BCUT2D eigenvalue weighted by atomic mass is 16.3. The van der Waals surface area contributed by atoms with Gasteiger partial charge < -0.3 is 10.2 Å². The van der Waals surface area contributed by atoms with Crippen LogP contribution in [0.5, 0.6) is 0 Å². The summed E-state index contributed by atoms with van der Waals surface area (Å²) < 4.78 is 0. The lowest BCUT2D eigenvalue weighted by atomic mass is 10.3. The Morgan fingerprint density at radius 3 is 2.32 bits per heavy atom. The van der Waals surface area contributed by atoms with Crippen molar-refractivity contribution in [3.63, 3.8) is 0 Å². The first kappa shape index (κ1) is 15.6. The second-order valence-electron chi connectivity index (χ2n) is 4.09. The SMILES string of the molecule is OCCN(CCO)CCCN=NNc1ccccc1. The van der Waals surface area contributed by atoms with Crippen LogP contribution >= 0.6 is 0 Å². The minimum absolute atomic E-state index is 0.108. The van der Waals surface area contributed by atoms with Gasteiger partial charge in [-0.25, -0.2) is 0 Å². The summed E-state index contributed by atoms with van der Waals surface area (Å²) in [5.41, 5.74) is 3.76. The van der Waals surface area contributed by atoms with E-state index in [2.05, 4.69) is 15.8 Å². The van der Waals surface area contributed by atoms with Crippen molar-refractivity contribution in [2.45, 2.75) is 6.42 Å². The predicted octanol–water partition coefficient (Wildman–Crippen LogP) is 1.14. The molecule has 0 radical (unpaired) electrons. The molecule has 0 amide bonds. The molecule has 1 aromatic carbocycles. The van der Waals surface area contributed by atoms with E-state index in [1.165, 1.54) is 0 Å². The number of aliphatic hydroxyl groups is 2. The average Bonchev–Trinajstić information content (AvgIpc) is 2.44. The maximum absolute atomic E-state index is 8.85. The minimum Gasteiger partial charge on any atom is -0.395 e. The van der Waals surface area contributed by atoms with Crippen LogP contribution < -0.4 is 5.43 Å². The van der Waals surface area contributed by atoms with Gasteiger partial charge in [0, 0.05) is 19.6 Å². The molecular weight excluding hydrogens is 244 g/mol. The fraction of sp³-hybridized carbons (Fsp3) is 0.538. The maximum atomic E-state index is 8.85. The average molecular weight is 266 g/mol. The first-order valence-corrected chi connectivity index (χ1v) is 6.48. The lowest BCUT2D eigenvalue weighted by Crippen LogP contribution is -2.31. The van der Waals surface area contributed by atoms with Crippen molar-refractivity contribution in [3.05, 3.63) is 30.3 Å². The van der Waals surface area contributed by atoms with Gasteiger partial charge in [0.1, 0.15) is 0 Å². The number of aliphatic hydroxyl groups excluding tert-OH is 2. The van der Waals surface area contributed by atoms with Crippen LogP contribution in [-0.2, 0) is 0 Å². The molecule has 0 unspecified atom stereocenters. The van der Waals surface area contributed by atoms with Crippen LogP contribution in [0.1, 0.15) is 6.42 Å². The molecular formula is C13H22N4O2. The number of nitrogens with zero attached hydrogens (tertiary/aromatic N) is 3. The summed E-state index contributed by atoms with van der Waals surface area (Å²) in [5, 5.41) is 25.6. The molecule has 0 atom stereocenters. The van der Waals surface area contributed by atoms with E-state index in [1.807, 2.05) is 35.2 Å². The molecule has 0 spiro atoms. The van der Waals surface area contributed by atoms with Crippen molar-refractivity contribution in [1.29, 1.82) is 0 Å². The van der Waals surface area contributed by atoms with Gasteiger partial charge in [-0.1, -0.05) is 23.4 Å². The van der Waals surface area contributed by atoms with E-state index in [0.29, 0.717) is 19.6 Å². The van der Waals surface area contributed by atoms with Gasteiger partial charge >= 0.3 is 0 Å². The third-order valence-corrected chi connectivity index (χ3v) is 2.59. The zero-order chi connectivity index (χ0) is 13.8. The Hall–Kier alpha value is -1.50. The molecule has 1 rings (SSSR count). The maximum Gasteiger partial charge on any atom is 0.0632 e. The van der Waals surface area contributed by atoms with Crippen molar-refractivity contribution in [2.75, 3.05) is 44.8 Å². The van der Waals surface area contributed by atoms with Crippen molar-refractivity contribution in [2.24, 2.45) is 10.3 Å². The second-order valence-corrected chi connectivity index (χ2v) is 4.09. The molecule has 1 aromatic rings. The highest BCUT2D eigenvalue weighted by molar-refractivity contribution is 5.41. The summed E-state index contributed by atoms with van der Waals surface area (Å²) in [6.45, 7) is 2.80. The summed E-state index contributed by atoms with van der Waals surface area (Å²) in [6.07, 6.45) is 0.847. The standard InChI is InChI=1S/C13H22N4O2/c18-11-9-17(10-12-19)8-4-7-14-16-15-13-5-2-1-3-6-13/h1-3,5-6,18-19H,4,7-12H2,(H,14,15). The van der Waals surface area contributed by atoms with E-state index >= 15 is 0 Å². The van der Waals surface area contributed by atoms with Gasteiger partial charge in [-0.05, 0) is 18.6 Å². The fourth-order valence-electron chi connectivity index (χ4n) is 1.64. The topological polar surface area (TPSA) is 80.5 Å². The molecule has 0 aromatic heterocycles. The first-order chi connectivity index (χ1) is 9.36. The minimum atomic E-state index is 0.108. The van der Waals surface area contributed by atoms with Crippen LogP contribution in [0.15, 0.2) is 40.7 Å². The largest absolute Gasteiger partial charge is 0.395 e. The van der Waals surface area contributed by atoms with E-state index in [4.69, 9.17) is 10.2 Å². The summed E-state index contributed by atoms with van der Waals surface area (Å²) >= 11 is 0. The molecule has 0 fully saturated rings. The predicted molar refractivity (Wildman–Crippen MR) is 75.0 cm³/mol. The zero-order valence-corrected chi connectivity index (χ0v) is 11.1. The summed E-state index contributed by atoms with van der Waals surface area (Å²) in [7, 11) is 0. The summed E-state index contributed by atoms with van der Waals surface area (Å²) in [5.74, 6) is 0. The van der Waals surface area contributed by atoms with Crippen molar-refractivity contribution >= 4 is 5.69 Å². The van der Waals surface area contributed by atoms with E-state index < -0.39 is 0 Å². The molecule has 0 aliphatic carbocycles. The fourth-order valence-corrected chi connectivity index (χ4v) is 1.64. The lowest BCUT2D eigenvalue weighted by molar-refractivity contribution is 0.160. The van der Waals surface area contributed by atoms with Crippen molar-refractivity contribution in [1.82, 2.24) is 4.90 Å². The van der Waals surface area contributed by atoms with E-state index in [1.54, 1.807) is 0 Å². The summed E-state index contributed by atoms with van der Waals surface area (Å²) in [6, 6.07) is 9.64. The van der Waals surface area contributed by atoms with Gasteiger partial charge in [0.05, 0.1) is 25.4 Å². The number of anilines is 1. The number of benzene rings is 1. The van der Waals surface area contributed by atoms with Gasteiger partial charge in [0.15, 0.2) is 0 Å². The van der Waals surface area contributed by atoms with Gasteiger partial charge in [-0.15, -0.1) is 0 Å². The quantitative estimate of drug-likeness (QED) is 0.337. The Morgan fingerprint density at radius 2 is 1.68 bits per heavy atom. The van der Waals surface area contributed by atoms with E-state index in [9.17, 15) is 0 Å². The molecule has 106 valence electrons. The van der Waals surface area contributed by atoms with Crippen molar-refractivity contribution < 1.29 is 10.2 Å². The normalized spacial score (nSPS) is 11.3. The van der Waals surface area contributed by atoms with Crippen LogP contribution in [-0.4, -0.2) is 54.5 Å². The van der Waals surface area contributed by atoms with E-state index in [0.717, 1.165) is 18.7 Å². The van der Waals surface area contributed by atoms with Crippen LogP contribution in [0, 0.1) is 0 Å². The molecule has 0 aliphatic rings. The Labute approximate surface area is 113 Å². The Balaban J connectivity index is 2.12. The van der Waals surface area contributed by atoms with Gasteiger partial charge in [-0.2, -0.15) is 5.11 Å². The van der Waals surface area contributed by atoms with Crippen LogP contribution in [0.4, 0.5) is 5.69 Å². The molecule has 0 saturated heterocycles. The first-order valence-electron chi connectivity index (χ1n) is 6.48. The molecule has 3 N–H and O–H groups in total. The van der Waals surface area contributed by atoms with Gasteiger partial charge in [0.2, 0.25) is 0 Å². The Morgan fingerprint density at radius 1 is 1.00 bits per heavy atom. The lowest BCUT2D eigenvalue weighted by Gasteiger charge is -2.18. The Bertz CT molecular complexity index is 340. The monoisotopic (exact) mass is 266 g/mol. The van der Waals surface area contributed by atoms with Gasteiger partial charge in [-0.3, -0.25) is 10.3 Å². The number of para-hydroxylation sites is 1. The van der Waals surface area contributed by atoms with E-state index in [-0.39, 0.29) is 13.2 Å². The Kier molecular flexibility index (Phi) is 8.54. The van der Waals surface area contributed by atoms with Crippen LogP contribution in [0.2, 0.25) is 0 Å². The number of hydrogen-bond acceptors (Lipinski definition) is 5.